The number of benzene rings is 3. The van der Waals surface area contributed by atoms with E-state index >= 15 is 0 Å². The first kappa shape index (κ1) is 25.5. The third kappa shape index (κ3) is 5.02. The summed E-state index contributed by atoms with van der Waals surface area (Å²) in [6.07, 6.45) is 6.62. The quantitative estimate of drug-likeness (QED) is 0.306. The predicted molar refractivity (Wildman–Crippen MR) is 154 cm³/mol. The van der Waals surface area contributed by atoms with E-state index in [1.54, 1.807) is 0 Å². The molecule has 3 nitrogen and oxygen atoms in total. The van der Waals surface area contributed by atoms with E-state index in [-0.39, 0.29) is 5.78 Å². The van der Waals surface area contributed by atoms with Crippen LogP contribution in [0, 0.1) is 19.8 Å². The van der Waals surface area contributed by atoms with Crippen molar-refractivity contribution in [1.82, 2.24) is 0 Å². The van der Waals surface area contributed by atoms with Crippen molar-refractivity contribution in [3.8, 4) is 0 Å². The van der Waals surface area contributed by atoms with E-state index in [4.69, 9.17) is 0 Å². The maximum Gasteiger partial charge on any atom is 0.193 e. The van der Waals surface area contributed by atoms with Crippen molar-refractivity contribution >= 4 is 22.8 Å². The molecule has 0 spiro atoms. The number of hydrogen-bond donors (Lipinski definition) is 0. The largest absolute Gasteiger partial charge is 0.365 e. The zero-order chi connectivity index (χ0) is 25.8. The summed E-state index contributed by atoms with van der Waals surface area (Å²) in [6, 6.07) is 22.8. The number of nitrogens with zero attached hydrogens (tertiary/aromatic N) is 2. The van der Waals surface area contributed by atoms with Gasteiger partial charge in [-0.3, -0.25) is 4.79 Å². The molecule has 3 aromatic rings. The fraction of sp³-hybridized carbons (Fsp3) is 0.303. The smallest absolute Gasteiger partial charge is 0.193 e. The molecule has 0 aliphatic heterocycles. The molecule has 0 amide bonds. The zero-order valence-electron chi connectivity index (χ0n) is 22.5. The van der Waals surface area contributed by atoms with E-state index < -0.39 is 0 Å². The number of carbonyl (C=O) groups is 1. The molecule has 0 heterocycles. The molecule has 36 heavy (non-hydrogen) atoms. The van der Waals surface area contributed by atoms with Crippen LogP contribution in [-0.2, 0) is 0 Å². The van der Waals surface area contributed by atoms with Crippen LogP contribution in [0.3, 0.4) is 0 Å². The molecule has 0 radical (unpaired) electrons. The van der Waals surface area contributed by atoms with Crippen LogP contribution in [0.1, 0.15) is 54.7 Å². The van der Waals surface area contributed by atoms with Gasteiger partial charge in [-0.25, -0.2) is 0 Å². The van der Waals surface area contributed by atoms with E-state index in [0.29, 0.717) is 23.1 Å². The molecule has 186 valence electrons. The fourth-order valence-corrected chi connectivity index (χ4v) is 5.54. The molecule has 0 N–H and O–H groups in total. The Balaban J connectivity index is 1.54. The Labute approximate surface area is 216 Å². The Morgan fingerprint density at radius 3 is 1.83 bits per heavy atom. The number of hydrogen-bond acceptors (Lipinski definition) is 3. The molecule has 3 heteroatoms. The summed E-state index contributed by atoms with van der Waals surface area (Å²) < 4.78 is 0. The number of rotatable bonds is 8. The highest BCUT2D eigenvalue weighted by molar-refractivity contribution is 6.09. The van der Waals surface area contributed by atoms with Gasteiger partial charge in [-0.2, -0.15) is 0 Å². The molecule has 0 bridgehead atoms. The van der Waals surface area contributed by atoms with Gasteiger partial charge in [-0.15, -0.1) is 0 Å². The van der Waals surface area contributed by atoms with Crippen LogP contribution in [0.15, 0.2) is 90.5 Å². The Kier molecular flexibility index (Phi) is 7.79. The third-order valence-corrected chi connectivity index (χ3v) is 7.34. The lowest BCUT2D eigenvalue weighted by Gasteiger charge is -2.38. The predicted octanol–water partition coefficient (Wildman–Crippen LogP) is 8.04. The Morgan fingerprint density at radius 2 is 1.33 bits per heavy atom. The van der Waals surface area contributed by atoms with Gasteiger partial charge in [0.1, 0.15) is 0 Å². The Hall–Kier alpha value is -3.59. The number of ketones is 1. The van der Waals surface area contributed by atoms with Crippen LogP contribution in [0.4, 0.5) is 17.1 Å². The highest BCUT2D eigenvalue weighted by Crippen LogP contribution is 2.32. The van der Waals surface area contributed by atoms with Crippen LogP contribution in [0.5, 0.6) is 0 Å². The lowest BCUT2D eigenvalue weighted by Crippen LogP contribution is -2.41. The third-order valence-electron chi connectivity index (χ3n) is 7.34. The van der Waals surface area contributed by atoms with Crippen molar-refractivity contribution in [3.63, 3.8) is 0 Å². The molecule has 3 aromatic carbocycles. The number of likely N-dealkylation sites (N-methyl/N-ethyl adjacent to an activating group) is 1. The van der Waals surface area contributed by atoms with E-state index in [2.05, 4.69) is 112 Å². The van der Waals surface area contributed by atoms with Crippen molar-refractivity contribution in [1.29, 1.82) is 0 Å². The van der Waals surface area contributed by atoms with Gasteiger partial charge in [0, 0.05) is 41.3 Å². The van der Waals surface area contributed by atoms with Gasteiger partial charge in [0.15, 0.2) is 5.78 Å². The number of allylic oxidation sites excluding steroid dienone is 2. The second-order valence-corrected chi connectivity index (χ2v) is 9.79. The minimum Gasteiger partial charge on any atom is -0.365 e. The molecule has 2 unspecified atom stereocenters. The minimum absolute atomic E-state index is 0.0521. The SMILES string of the molecule is CCN(c1ccc(C(=O)c2ccc(N(CC)C3C(C)=CC=CC3C)cc2)cc1)c1c(C)cccc1C. The first-order valence-electron chi connectivity index (χ1n) is 13.1. The summed E-state index contributed by atoms with van der Waals surface area (Å²) in [7, 11) is 0. The van der Waals surface area contributed by atoms with Crippen molar-refractivity contribution < 1.29 is 4.79 Å². The van der Waals surface area contributed by atoms with Crippen molar-refractivity contribution in [2.75, 3.05) is 22.9 Å². The van der Waals surface area contributed by atoms with E-state index in [9.17, 15) is 4.79 Å². The normalized spacial score (nSPS) is 17.0. The average molecular weight is 479 g/mol. The molecule has 0 saturated carbocycles. The maximum absolute atomic E-state index is 13.3. The van der Waals surface area contributed by atoms with Gasteiger partial charge in [-0.05, 0) is 100 Å². The molecule has 0 saturated heterocycles. The summed E-state index contributed by atoms with van der Waals surface area (Å²) in [5.74, 6) is 0.497. The van der Waals surface area contributed by atoms with Crippen LogP contribution in [0.2, 0.25) is 0 Å². The topological polar surface area (TPSA) is 23.6 Å². The highest BCUT2D eigenvalue weighted by Gasteiger charge is 2.25. The van der Waals surface area contributed by atoms with Crippen molar-refractivity contribution in [3.05, 3.63) is 113 Å². The Bertz CT molecular complexity index is 1250. The second-order valence-electron chi connectivity index (χ2n) is 9.79. The van der Waals surface area contributed by atoms with Crippen molar-refractivity contribution in [2.24, 2.45) is 5.92 Å². The first-order chi connectivity index (χ1) is 17.3. The second kappa shape index (κ2) is 11.0. The van der Waals surface area contributed by atoms with Gasteiger partial charge in [0.2, 0.25) is 0 Å². The molecule has 0 fully saturated rings. The van der Waals surface area contributed by atoms with Gasteiger partial charge >= 0.3 is 0 Å². The molecule has 1 aliphatic rings. The highest BCUT2D eigenvalue weighted by atomic mass is 16.1. The summed E-state index contributed by atoms with van der Waals surface area (Å²) in [5, 5.41) is 0. The van der Waals surface area contributed by atoms with Gasteiger partial charge < -0.3 is 9.80 Å². The molecule has 0 aromatic heterocycles. The Morgan fingerprint density at radius 1 is 0.778 bits per heavy atom. The molecular weight excluding hydrogens is 440 g/mol. The van der Waals surface area contributed by atoms with Gasteiger partial charge in [-0.1, -0.05) is 48.9 Å². The van der Waals surface area contributed by atoms with Crippen LogP contribution in [-0.4, -0.2) is 24.9 Å². The molecular formula is C33H38N2O. The van der Waals surface area contributed by atoms with Crippen molar-refractivity contribution in [2.45, 2.75) is 47.6 Å². The van der Waals surface area contributed by atoms with Crippen LogP contribution < -0.4 is 9.80 Å². The maximum atomic E-state index is 13.3. The summed E-state index contributed by atoms with van der Waals surface area (Å²) in [6.45, 7) is 14.9. The molecule has 1 aliphatic carbocycles. The summed E-state index contributed by atoms with van der Waals surface area (Å²) in [5.41, 5.74) is 8.79. The van der Waals surface area contributed by atoms with Crippen LogP contribution >= 0.6 is 0 Å². The minimum atomic E-state index is 0.0521. The van der Waals surface area contributed by atoms with Gasteiger partial charge in [0.05, 0.1) is 6.04 Å². The number of para-hydroxylation sites is 1. The molecule has 4 rings (SSSR count). The lowest BCUT2D eigenvalue weighted by atomic mass is 9.89. The lowest BCUT2D eigenvalue weighted by molar-refractivity contribution is 0.103. The number of aryl methyl sites for hydroxylation is 2. The monoisotopic (exact) mass is 478 g/mol. The molecule has 2 atom stereocenters. The summed E-state index contributed by atoms with van der Waals surface area (Å²) in [4.78, 5) is 18.0. The van der Waals surface area contributed by atoms with Crippen LogP contribution in [0.25, 0.3) is 0 Å². The number of anilines is 3. The zero-order valence-corrected chi connectivity index (χ0v) is 22.5. The first-order valence-corrected chi connectivity index (χ1v) is 13.1. The fourth-order valence-electron chi connectivity index (χ4n) is 5.54. The van der Waals surface area contributed by atoms with E-state index in [1.807, 2.05) is 24.3 Å². The summed E-state index contributed by atoms with van der Waals surface area (Å²) >= 11 is 0. The number of carbonyl (C=O) groups excluding carboxylic acids is 1. The average Bonchev–Trinajstić information content (AvgIpc) is 2.88. The van der Waals surface area contributed by atoms with Gasteiger partial charge in [0.25, 0.3) is 0 Å². The van der Waals surface area contributed by atoms with E-state index in [0.717, 1.165) is 24.5 Å². The standard InChI is InChI=1S/C33H38N2O/c1-7-34(31-23(3)11-9-12-24(31)4)29-19-15-27(16-20-29)33(36)28-17-21-30(22-18-28)35(8-2)32-25(5)13-10-14-26(32)6/h9-23,31H,7-8H2,1-6H3. The van der Waals surface area contributed by atoms with E-state index in [1.165, 1.54) is 22.4 Å².